The summed E-state index contributed by atoms with van der Waals surface area (Å²) in [6.07, 6.45) is 2.11. The number of anilines is 1. The second-order valence-corrected chi connectivity index (χ2v) is 11.5. The number of sulfonamides is 1. The molecule has 0 saturated carbocycles. The minimum atomic E-state index is -4.08. The summed E-state index contributed by atoms with van der Waals surface area (Å²) < 4.78 is 34.1. The van der Waals surface area contributed by atoms with Crippen LogP contribution in [0, 0.1) is 6.92 Å². The number of amides is 2. The van der Waals surface area contributed by atoms with Crippen LogP contribution < -0.4 is 14.4 Å². The Labute approximate surface area is 238 Å². The van der Waals surface area contributed by atoms with E-state index in [1.807, 2.05) is 32.9 Å². The zero-order valence-corrected chi connectivity index (χ0v) is 24.5. The molecule has 3 aromatic rings. The van der Waals surface area contributed by atoms with Crippen LogP contribution in [0.25, 0.3) is 0 Å². The molecule has 40 heavy (non-hydrogen) atoms. The summed E-state index contributed by atoms with van der Waals surface area (Å²) in [6, 6.07) is 21.5. The summed E-state index contributed by atoms with van der Waals surface area (Å²) in [4.78, 5) is 28.9. The average molecular weight is 566 g/mol. The van der Waals surface area contributed by atoms with E-state index in [1.54, 1.807) is 61.7 Å². The van der Waals surface area contributed by atoms with Gasteiger partial charge in [-0.25, -0.2) is 8.42 Å². The van der Waals surface area contributed by atoms with Crippen LogP contribution >= 0.6 is 0 Å². The summed E-state index contributed by atoms with van der Waals surface area (Å²) in [5, 5.41) is 2.94. The van der Waals surface area contributed by atoms with Crippen LogP contribution in [0.5, 0.6) is 5.75 Å². The molecule has 0 saturated heterocycles. The maximum absolute atomic E-state index is 14.1. The highest BCUT2D eigenvalue weighted by atomic mass is 32.2. The number of aryl methyl sites for hydroxylation is 1. The third kappa shape index (κ3) is 7.85. The highest BCUT2D eigenvalue weighted by Crippen LogP contribution is 2.25. The van der Waals surface area contributed by atoms with E-state index in [0.717, 1.165) is 28.3 Å². The Morgan fingerprint density at radius 3 is 2.27 bits per heavy atom. The van der Waals surface area contributed by atoms with E-state index in [1.165, 1.54) is 17.0 Å². The standard InChI is InChI=1S/C31H39N3O5S/c1-5-7-20-32-31(36)29(6-2)33(22-25-12-11-13-27(21-25)39-4)30(35)23-34(26-18-16-24(3)17-19-26)40(37,38)28-14-9-8-10-15-28/h8-19,21,29H,5-7,20,22-23H2,1-4H3,(H,32,36)/t29-/m0/s1. The summed E-state index contributed by atoms with van der Waals surface area (Å²) >= 11 is 0. The first-order valence-corrected chi connectivity index (χ1v) is 15.0. The number of ether oxygens (including phenoxy) is 1. The van der Waals surface area contributed by atoms with Gasteiger partial charge in [-0.3, -0.25) is 13.9 Å². The van der Waals surface area contributed by atoms with Gasteiger partial charge in [-0.1, -0.05) is 68.3 Å². The number of nitrogens with one attached hydrogen (secondary N) is 1. The van der Waals surface area contributed by atoms with Crippen molar-refractivity contribution >= 4 is 27.5 Å². The Morgan fingerprint density at radius 1 is 0.950 bits per heavy atom. The molecule has 0 aromatic heterocycles. The molecule has 0 aliphatic heterocycles. The molecule has 0 aliphatic carbocycles. The van der Waals surface area contributed by atoms with Gasteiger partial charge in [-0.05, 0) is 61.7 Å². The fraction of sp³-hybridized carbons (Fsp3) is 0.355. The van der Waals surface area contributed by atoms with E-state index in [-0.39, 0.29) is 17.3 Å². The quantitative estimate of drug-likeness (QED) is 0.280. The van der Waals surface area contributed by atoms with Crippen molar-refractivity contribution in [2.45, 2.75) is 57.5 Å². The minimum absolute atomic E-state index is 0.0760. The highest BCUT2D eigenvalue weighted by molar-refractivity contribution is 7.92. The van der Waals surface area contributed by atoms with E-state index in [9.17, 15) is 18.0 Å². The molecule has 0 unspecified atom stereocenters. The Bertz CT molecular complexity index is 1360. The summed E-state index contributed by atoms with van der Waals surface area (Å²) in [5.41, 5.74) is 2.09. The van der Waals surface area contributed by atoms with Crippen LogP contribution in [0.15, 0.2) is 83.8 Å². The fourth-order valence-corrected chi connectivity index (χ4v) is 5.79. The fourth-order valence-electron chi connectivity index (χ4n) is 4.35. The molecule has 0 radical (unpaired) electrons. The summed E-state index contributed by atoms with van der Waals surface area (Å²) in [7, 11) is -2.52. The molecule has 3 aromatic carbocycles. The maximum atomic E-state index is 14.1. The lowest BCUT2D eigenvalue weighted by atomic mass is 10.1. The Balaban J connectivity index is 2.02. The molecule has 3 rings (SSSR count). The van der Waals surface area contributed by atoms with Gasteiger partial charge >= 0.3 is 0 Å². The van der Waals surface area contributed by atoms with E-state index in [2.05, 4.69) is 5.32 Å². The lowest BCUT2D eigenvalue weighted by molar-refractivity contribution is -0.140. The van der Waals surface area contributed by atoms with Gasteiger partial charge < -0.3 is 15.0 Å². The van der Waals surface area contributed by atoms with Gasteiger partial charge in [-0.15, -0.1) is 0 Å². The first-order valence-electron chi connectivity index (χ1n) is 13.6. The number of benzene rings is 3. The van der Waals surface area contributed by atoms with Crippen LogP contribution in [0.2, 0.25) is 0 Å². The number of carbonyl (C=O) groups excluding carboxylic acids is 2. The largest absolute Gasteiger partial charge is 0.497 e. The molecule has 8 nitrogen and oxygen atoms in total. The van der Waals surface area contributed by atoms with Gasteiger partial charge in [0.2, 0.25) is 11.8 Å². The van der Waals surface area contributed by atoms with Crippen molar-refractivity contribution in [3.63, 3.8) is 0 Å². The lowest BCUT2D eigenvalue weighted by Crippen LogP contribution is -2.52. The Kier molecular flexibility index (Phi) is 11.1. The smallest absolute Gasteiger partial charge is 0.264 e. The summed E-state index contributed by atoms with van der Waals surface area (Å²) in [6.45, 7) is 5.93. The Hall–Kier alpha value is -3.85. The van der Waals surface area contributed by atoms with Crippen LogP contribution in [0.1, 0.15) is 44.2 Å². The van der Waals surface area contributed by atoms with Gasteiger partial charge in [0.25, 0.3) is 10.0 Å². The number of nitrogens with zero attached hydrogens (tertiary/aromatic N) is 2. The molecule has 1 atom stereocenters. The van der Waals surface area contributed by atoms with Crippen LogP contribution in [-0.2, 0) is 26.2 Å². The first-order chi connectivity index (χ1) is 19.2. The van der Waals surface area contributed by atoms with E-state index in [4.69, 9.17) is 4.74 Å². The van der Waals surface area contributed by atoms with Crippen molar-refractivity contribution in [1.82, 2.24) is 10.2 Å². The Morgan fingerprint density at radius 2 is 1.65 bits per heavy atom. The van der Waals surface area contributed by atoms with Gasteiger partial charge in [0.1, 0.15) is 18.3 Å². The average Bonchev–Trinajstić information content (AvgIpc) is 2.97. The number of rotatable bonds is 14. The van der Waals surface area contributed by atoms with Crippen molar-refractivity contribution in [1.29, 1.82) is 0 Å². The molecule has 214 valence electrons. The molecule has 0 aliphatic rings. The normalized spacial score (nSPS) is 11.9. The van der Waals surface area contributed by atoms with Crippen molar-refractivity contribution in [2.24, 2.45) is 0 Å². The SMILES string of the molecule is CCCCNC(=O)[C@H](CC)N(Cc1cccc(OC)c1)C(=O)CN(c1ccc(C)cc1)S(=O)(=O)c1ccccc1. The maximum Gasteiger partial charge on any atom is 0.264 e. The molecule has 1 N–H and O–H groups in total. The predicted molar refractivity (Wildman–Crippen MR) is 158 cm³/mol. The second kappa shape index (κ2) is 14.5. The molecule has 0 heterocycles. The lowest BCUT2D eigenvalue weighted by Gasteiger charge is -2.33. The van der Waals surface area contributed by atoms with E-state index in [0.29, 0.717) is 24.4 Å². The van der Waals surface area contributed by atoms with Crippen LogP contribution in [0.3, 0.4) is 0 Å². The van der Waals surface area contributed by atoms with Crippen molar-refractivity contribution in [2.75, 3.05) is 24.5 Å². The van der Waals surface area contributed by atoms with Gasteiger partial charge in [0.05, 0.1) is 17.7 Å². The molecule has 0 bridgehead atoms. The van der Waals surface area contributed by atoms with Gasteiger partial charge in [0, 0.05) is 13.1 Å². The molecule has 0 spiro atoms. The van der Waals surface area contributed by atoms with E-state index >= 15 is 0 Å². The van der Waals surface area contributed by atoms with Crippen LogP contribution in [0.4, 0.5) is 5.69 Å². The highest BCUT2D eigenvalue weighted by Gasteiger charge is 2.33. The third-order valence-corrected chi connectivity index (χ3v) is 8.42. The third-order valence-electron chi connectivity index (χ3n) is 6.63. The molecule has 9 heteroatoms. The molecular formula is C31H39N3O5S. The van der Waals surface area contributed by atoms with Crippen molar-refractivity contribution in [3.8, 4) is 5.75 Å². The number of hydrogen-bond donors (Lipinski definition) is 1. The van der Waals surface area contributed by atoms with Crippen LogP contribution in [-0.4, -0.2) is 51.4 Å². The number of unbranched alkanes of at least 4 members (excludes halogenated alkanes) is 1. The minimum Gasteiger partial charge on any atom is -0.497 e. The number of hydrogen-bond acceptors (Lipinski definition) is 5. The van der Waals surface area contributed by atoms with E-state index < -0.39 is 28.5 Å². The molecular weight excluding hydrogens is 526 g/mol. The zero-order valence-electron chi connectivity index (χ0n) is 23.7. The van der Waals surface area contributed by atoms with Crippen molar-refractivity contribution in [3.05, 3.63) is 90.0 Å². The molecule has 0 fully saturated rings. The monoisotopic (exact) mass is 565 g/mol. The predicted octanol–water partition coefficient (Wildman–Crippen LogP) is 4.92. The summed E-state index contributed by atoms with van der Waals surface area (Å²) in [5.74, 6) is -0.126. The molecule has 2 amide bonds. The van der Waals surface area contributed by atoms with Crippen molar-refractivity contribution < 1.29 is 22.7 Å². The zero-order chi connectivity index (χ0) is 29.1. The topological polar surface area (TPSA) is 96.0 Å². The second-order valence-electron chi connectivity index (χ2n) is 9.60. The van der Waals surface area contributed by atoms with Gasteiger partial charge in [-0.2, -0.15) is 0 Å². The first kappa shape index (κ1) is 30.7. The number of carbonyl (C=O) groups is 2. The van der Waals surface area contributed by atoms with Gasteiger partial charge in [0.15, 0.2) is 0 Å². The number of methoxy groups -OCH3 is 1.